The van der Waals surface area contributed by atoms with Gasteiger partial charge < -0.3 is 14.9 Å². The Kier molecular flexibility index (Phi) is 3.35. The van der Waals surface area contributed by atoms with Gasteiger partial charge in [0.05, 0.1) is 13.6 Å². The molecule has 2 N–H and O–H groups in total. The molecule has 1 unspecified atom stereocenters. The lowest BCUT2D eigenvalue weighted by Gasteiger charge is -2.28. The summed E-state index contributed by atoms with van der Waals surface area (Å²) in [7, 11) is 1.98. The van der Waals surface area contributed by atoms with Crippen molar-refractivity contribution in [3.8, 4) is 0 Å². The number of likely N-dealkylation sites (N-methyl/N-ethyl adjacent to an activating group) is 1. The second-order valence-electron chi connectivity index (χ2n) is 4.78. The Morgan fingerprint density at radius 1 is 1.71 bits per heavy atom. The second kappa shape index (κ2) is 4.77. The number of likely N-dealkylation sites (tertiary alicyclic amines) is 1. The number of rotatable bonds is 3. The first kappa shape index (κ1) is 11.9. The minimum atomic E-state index is -0.288. The zero-order valence-electron chi connectivity index (χ0n) is 9.83. The number of hydrogen-bond acceptors (Lipinski definition) is 4. The van der Waals surface area contributed by atoms with E-state index in [0.717, 1.165) is 13.0 Å². The molecule has 0 saturated carbocycles. The van der Waals surface area contributed by atoms with Gasteiger partial charge in [-0.15, -0.1) is 5.10 Å². The summed E-state index contributed by atoms with van der Waals surface area (Å²) in [5, 5.41) is 19.7. The van der Waals surface area contributed by atoms with Crippen LogP contribution in [0.3, 0.4) is 0 Å². The number of amides is 1. The van der Waals surface area contributed by atoms with E-state index in [-0.39, 0.29) is 12.0 Å². The highest BCUT2D eigenvalue weighted by molar-refractivity contribution is 5.90. The van der Waals surface area contributed by atoms with Gasteiger partial charge in [0.2, 0.25) is 0 Å². The standard InChI is InChI=1S/C11H16N4O2/c1-15(6-4-9(16)7-15)8-11(17)13-10-3-2-5-12-14-10/h2-3,5,9,16H,4,6-8H2,1H3/p+1/t9-,15?/m1/s1. The molecular weight excluding hydrogens is 220 g/mol. The molecule has 0 aliphatic carbocycles. The first-order chi connectivity index (χ1) is 8.07. The van der Waals surface area contributed by atoms with Crippen LogP contribution in [0, 0.1) is 0 Å². The molecule has 2 rings (SSSR count). The van der Waals surface area contributed by atoms with Gasteiger partial charge in [-0.1, -0.05) is 0 Å². The molecule has 0 aromatic carbocycles. The van der Waals surface area contributed by atoms with Crippen LogP contribution >= 0.6 is 0 Å². The smallest absolute Gasteiger partial charge is 0.280 e. The zero-order chi connectivity index (χ0) is 12.3. The molecule has 0 bridgehead atoms. The van der Waals surface area contributed by atoms with Crippen LogP contribution in [0.1, 0.15) is 6.42 Å². The van der Waals surface area contributed by atoms with Crippen molar-refractivity contribution in [1.29, 1.82) is 0 Å². The van der Waals surface area contributed by atoms with Gasteiger partial charge in [0.1, 0.15) is 12.6 Å². The lowest BCUT2D eigenvalue weighted by molar-refractivity contribution is -0.890. The summed E-state index contributed by atoms with van der Waals surface area (Å²) < 4.78 is 0.577. The molecule has 0 spiro atoms. The normalized spacial score (nSPS) is 28.0. The Balaban J connectivity index is 1.90. The lowest BCUT2D eigenvalue weighted by Crippen LogP contribution is -2.47. The molecule has 1 aromatic heterocycles. The molecule has 1 aliphatic rings. The van der Waals surface area contributed by atoms with Gasteiger partial charge in [0.25, 0.3) is 5.91 Å². The average Bonchev–Trinajstić information content (AvgIpc) is 2.59. The molecule has 6 heteroatoms. The number of quaternary nitrogens is 1. The molecular formula is C11H17N4O2+. The summed E-state index contributed by atoms with van der Waals surface area (Å²) in [5.41, 5.74) is 0. The Bertz CT molecular complexity index is 398. The summed E-state index contributed by atoms with van der Waals surface area (Å²) in [4.78, 5) is 11.8. The maximum absolute atomic E-state index is 11.8. The van der Waals surface area contributed by atoms with Crippen molar-refractivity contribution in [2.75, 3.05) is 32.0 Å². The van der Waals surface area contributed by atoms with Crippen LogP contribution in [0.25, 0.3) is 0 Å². The Morgan fingerprint density at radius 3 is 3.12 bits per heavy atom. The molecule has 1 saturated heterocycles. The van der Waals surface area contributed by atoms with Gasteiger partial charge in [0, 0.05) is 12.6 Å². The number of aliphatic hydroxyl groups is 1. The minimum Gasteiger partial charge on any atom is -0.387 e. The van der Waals surface area contributed by atoms with Crippen molar-refractivity contribution < 1.29 is 14.4 Å². The predicted octanol–water partition coefficient (Wildman–Crippen LogP) is -0.374. The van der Waals surface area contributed by atoms with Crippen LogP contribution in [0.15, 0.2) is 18.3 Å². The highest BCUT2D eigenvalue weighted by Crippen LogP contribution is 2.16. The van der Waals surface area contributed by atoms with E-state index in [0.29, 0.717) is 23.4 Å². The van der Waals surface area contributed by atoms with E-state index in [4.69, 9.17) is 0 Å². The monoisotopic (exact) mass is 237 g/mol. The van der Waals surface area contributed by atoms with Crippen LogP contribution in [0.2, 0.25) is 0 Å². The van der Waals surface area contributed by atoms with Crippen molar-refractivity contribution in [3.63, 3.8) is 0 Å². The maximum atomic E-state index is 11.8. The lowest BCUT2D eigenvalue weighted by atomic mass is 10.3. The average molecular weight is 237 g/mol. The summed E-state index contributed by atoms with van der Waals surface area (Å²) in [5.74, 6) is 0.367. The molecule has 1 aliphatic heterocycles. The van der Waals surface area contributed by atoms with Gasteiger partial charge in [-0.3, -0.25) is 4.79 Å². The minimum absolute atomic E-state index is 0.0953. The van der Waals surface area contributed by atoms with Gasteiger partial charge in [0.15, 0.2) is 12.4 Å². The predicted molar refractivity (Wildman–Crippen MR) is 62.1 cm³/mol. The fourth-order valence-electron chi connectivity index (χ4n) is 2.19. The third kappa shape index (κ3) is 3.21. The van der Waals surface area contributed by atoms with Crippen LogP contribution in [-0.2, 0) is 4.79 Å². The molecule has 2 heterocycles. The van der Waals surface area contributed by atoms with E-state index in [9.17, 15) is 9.90 Å². The Hall–Kier alpha value is -1.53. The molecule has 17 heavy (non-hydrogen) atoms. The van der Waals surface area contributed by atoms with Gasteiger partial charge in [-0.25, -0.2) is 0 Å². The largest absolute Gasteiger partial charge is 0.387 e. The fraction of sp³-hybridized carbons (Fsp3) is 0.545. The molecule has 1 amide bonds. The quantitative estimate of drug-likeness (QED) is 0.703. The third-order valence-corrected chi connectivity index (χ3v) is 3.02. The summed E-state index contributed by atoms with van der Waals surface area (Å²) in [6, 6.07) is 3.42. The van der Waals surface area contributed by atoms with Gasteiger partial charge in [-0.05, 0) is 12.1 Å². The van der Waals surface area contributed by atoms with Gasteiger partial charge in [-0.2, -0.15) is 5.10 Å². The van der Waals surface area contributed by atoms with E-state index < -0.39 is 0 Å². The first-order valence-electron chi connectivity index (χ1n) is 5.67. The maximum Gasteiger partial charge on any atom is 0.280 e. The number of carbonyl (C=O) groups excluding carboxylic acids is 1. The number of nitrogens with one attached hydrogen (secondary N) is 1. The van der Waals surface area contributed by atoms with E-state index >= 15 is 0 Å². The number of aliphatic hydroxyl groups excluding tert-OH is 1. The number of anilines is 1. The summed E-state index contributed by atoms with van der Waals surface area (Å²) in [6.07, 6.45) is 2.03. The van der Waals surface area contributed by atoms with Crippen LogP contribution in [0.4, 0.5) is 5.82 Å². The molecule has 92 valence electrons. The van der Waals surface area contributed by atoms with Crippen molar-refractivity contribution in [2.45, 2.75) is 12.5 Å². The van der Waals surface area contributed by atoms with Gasteiger partial charge >= 0.3 is 0 Å². The highest BCUT2D eigenvalue weighted by Gasteiger charge is 2.35. The van der Waals surface area contributed by atoms with Crippen LogP contribution < -0.4 is 5.32 Å². The number of aromatic nitrogens is 2. The molecule has 1 fully saturated rings. The van der Waals surface area contributed by atoms with E-state index in [1.807, 2.05) is 7.05 Å². The topological polar surface area (TPSA) is 75.1 Å². The van der Waals surface area contributed by atoms with E-state index in [1.54, 1.807) is 18.3 Å². The molecule has 0 radical (unpaired) electrons. The number of nitrogens with zero attached hydrogens (tertiary/aromatic N) is 3. The summed E-state index contributed by atoms with van der Waals surface area (Å²) >= 11 is 0. The van der Waals surface area contributed by atoms with Crippen molar-refractivity contribution >= 4 is 11.7 Å². The van der Waals surface area contributed by atoms with Crippen LogP contribution in [0.5, 0.6) is 0 Å². The first-order valence-corrected chi connectivity index (χ1v) is 5.67. The van der Waals surface area contributed by atoms with E-state index in [1.165, 1.54) is 0 Å². The Morgan fingerprint density at radius 2 is 2.53 bits per heavy atom. The Labute approximate surface area is 99.9 Å². The zero-order valence-corrected chi connectivity index (χ0v) is 9.83. The molecule has 1 aromatic rings. The second-order valence-corrected chi connectivity index (χ2v) is 4.78. The van der Waals surface area contributed by atoms with E-state index in [2.05, 4.69) is 15.5 Å². The highest BCUT2D eigenvalue weighted by atomic mass is 16.3. The fourth-order valence-corrected chi connectivity index (χ4v) is 2.19. The molecule has 2 atom stereocenters. The molecule has 6 nitrogen and oxygen atoms in total. The number of carbonyl (C=O) groups is 1. The van der Waals surface area contributed by atoms with Crippen molar-refractivity contribution in [3.05, 3.63) is 18.3 Å². The number of hydrogen-bond donors (Lipinski definition) is 2. The van der Waals surface area contributed by atoms with Crippen molar-refractivity contribution in [1.82, 2.24) is 10.2 Å². The van der Waals surface area contributed by atoms with Crippen molar-refractivity contribution in [2.24, 2.45) is 0 Å². The summed E-state index contributed by atoms with van der Waals surface area (Å²) in [6.45, 7) is 1.82. The SMILES string of the molecule is C[N+]1(CC(=O)Nc2cccnn2)CC[C@@H](O)C1. The third-order valence-electron chi connectivity index (χ3n) is 3.02. The van der Waals surface area contributed by atoms with Crippen LogP contribution in [-0.4, -0.2) is 58.5 Å².